The van der Waals surface area contributed by atoms with Crippen molar-refractivity contribution >= 4 is 17.2 Å². The Balaban J connectivity index is 1.64. The van der Waals surface area contributed by atoms with Gasteiger partial charge in [0, 0.05) is 43.5 Å². The van der Waals surface area contributed by atoms with Crippen LogP contribution in [0, 0.1) is 5.92 Å². The van der Waals surface area contributed by atoms with E-state index in [9.17, 15) is 4.79 Å². The zero-order valence-electron chi connectivity index (χ0n) is 14.3. The lowest BCUT2D eigenvalue weighted by atomic mass is 9.88. The Bertz CT molecular complexity index is 543. The molecule has 4 nitrogen and oxygen atoms in total. The summed E-state index contributed by atoms with van der Waals surface area (Å²) in [5, 5.41) is 2.11. The summed E-state index contributed by atoms with van der Waals surface area (Å²) in [4.78, 5) is 18.9. The van der Waals surface area contributed by atoms with Crippen molar-refractivity contribution in [3.8, 4) is 0 Å². The fourth-order valence-electron chi connectivity index (χ4n) is 3.65. The molecule has 1 aromatic rings. The van der Waals surface area contributed by atoms with Crippen molar-refractivity contribution in [1.29, 1.82) is 0 Å². The second-order valence-electron chi connectivity index (χ2n) is 6.88. The molecule has 23 heavy (non-hydrogen) atoms. The number of fused-ring (bicyclic) bond motifs is 1. The minimum Gasteiger partial charge on any atom is -0.383 e. The fraction of sp³-hybridized carbons (Fsp3) is 0.722. The van der Waals surface area contributed by atoms with E-state index in [0.717, 1.165) is 70.1 Å². The van der Waals surface area contributed by atoms with Crippen molar-refractivity contribution in [1.82, 2.24) is 9.80 Å². The van der Waals surface area contributed by atoms with Gasteiger partial charge in [0.1, 0.15) is 0 Å². The Morgan fingerprint density at radius 3 is 3.04 bits per heavy atom. The molecule has 1 aromatic heterocycles. The second-order valence-corrected chi connectivity index (χ2v) is 7.84. The molecule has 5 heteroatoms. The summed E-state index contributed by atoms with van der Waals surface area (Å²) in [5.74, 6) is 1.02. The number of ether oxygens (including phenoxy) is 1. The van der Waals surface area contributed by atoms with Crippen molar-refractivity contribution in [2.45, 2.75) is 32.6 Å². The van der Waals surface area contributed by atoms with E-state index in [1.807, 2.05) is 0 Å². The van der Waals surface area contributed by atoms with Crippen LogP contribution in [0.15, 0.2) is 5.38 Å². The first-order chi connectivity index (χ1) is 11.2. The predicted molar refractivity (Wildman–Crippen MR) is 94.3 cm³/mol. The molecule has 1 atom stereocenters. The van der Waals surface area contributed by atoms with Crippen LogP contribution in [0.3, 0.4) is 0 Å². The first kappa shape index (κ1) is 16.9. The van der Waals surface area contributed by atoms with Gasteiger partial charge in [-0.15, -0.1) is 11.3 Å². The van der Waals surface area contributed by atoms with E-state index in [4.69, 9.17) is 4.74 Å². The molecule has 1 aliphatic heterocycles. The van der Waals surface area contributed by atoms with E-state index in [-0.39, 0.29) is 5.91 Å². The molecule has 0 N–H and O–H groups in total. The topological polar surface area (TPSA) is 32.8 Å². The number of thiophene rings is 1. The molecule has 0 unspecified atom stereocenters. The standard InChI is InChI=1S/C18H28N2O2S/c1-14-4-5-15-16(13-23-17(15)12-14)18(21)20-7-3-6-19(8-9-20)10-11-22-2/h13-14H,3-12H2,1-2H3/t14-/m0/s1. The molecule has 0 radical (unpaired) electrons. The largest absolute Gasteiger partial charge is 0.383 e. The van der Waals surface area contributed by atoms with Gasteiger partial charge < -0.3 is 9.64 Å². The van der Waals surface area contributed by atoms with Gasteiger partial charge in [-0.1, -0.05) is 6.92 Å². The third-order valence-electron chi connectivity index (χ3n) is 5.12. The molecule has 0 aromatic carbocycles. The van der Waals surface area contributed by atoms with Crippen LogP contribution in [-0.2, 0) is 17.6 Å². The lowest BCUT2D eigenvalue weighted by Crippen LogP contribution is -2.36. The zero-order chi connectivity index (χ0) is 16.2. The normalized spacial score (nSPS) is 22.7. The number of hydrogen-bond acceptors (Lipinski definition) is 4. The third kappa shape index (κ3) is 3.95. The van der Waals surface area contributed by atoms with Crippen LogP contribution < -0.4 is 0 Å². The van der Waals surface area contributed by atoms with Crippen LogP contribution in [0.4, 0.5) is 0 Å². The van der Waals surface area contributed by atoms with Gasteiger partial charge in [0.05, 0.1) is 12.2 Å². The van der Waals surface area contributed by atoms with Gasteiger partial charge in [-0.25, -0.2) is 0 Å². The van der Waals surface area contributed by atoms with E-state index >= 15 is 0 Å². The molecular weight excluding hydrogens is 308 g/mol. The molecule has 1 saturated heterocycles. The minimum absolute atomic E-state index is 0.255. The molecule has 1 aliphatic carbocycles. The van der Waals surface area contributed by atoms with E-state index in [1.165, 1.54) is 16.9 Å². The van der Waals surface area contributed by atoms with Gasteiger partial charge in [0.15, 0.2) is 0 Å². The van der Waals surface area contributed by atoms with Crippen molar-refractivity contribution in [2.24, 2.45) is 5.92 Å². The van der Waals surface area contributed by atoms with Crippen LogP contribution in [0.5, 0.6) is 0 Å². The van der Waals surface area contributed by atoms with Crippen LogP contribution in [0.2, 0.25) is 0 Å². The molecule has 2 aliphatic rings. The number of carbonyl (C=O) groups excluding carboxylic acids is 1. The first-order valence-corrected chi connectivity index (χ1v) is 9.66. The molecule has 0 spiro atoms. The van der Waals surface area contributed by atoms with E-state index in [1.54, 1.807) is 18.4 Å². The molecule has 1 fully saturated rings. The van der Waals surface area contributed by atoms with Gasteiger partial charge in [0.2, 0.25) is 0 Å². The van der Waals surface area contributed by atoms with Gasteiger partial charge in [0.25, 0.3) is 5.91 Å². The zero-order valence-corrected chi connectivity index (χ0v) is 15.2. The maximum atomic E-state index is 13.0. The van der Waals surface area contributed by atoms with Gasteiger partial charge >= 0.3 is 0 Å². The molecule has 3 rings (SSSR count). The molecule has 2 heterocycles. The average Bonchev–Trinajstić information content (AvgIpc) is 2.81. The van der Waals surface area contributed by atoms with Crippen molar-refractivity contribution in [2.75, 3.05) is 46.4 Å². The van der Waals surface area contributed by atoms with Gasteiger partial charge in [-0.2, -0.15) is 0 Å². The monoisotopic (exact) mass is 336 g/mol. The molecule has 1 amide bonds. The quantitative estimate of drug-likeness (QED) is 0.847. The highest BCUT2D eigenvalue weighted by molar-refractivity contribution is 7.10. The molecule has 0 bridgehead atoms. The average molecular weight is 337 g/mol. The van der Waals surface area contributed by atoms with Crippen molar-refractivity contribution in [3.63, 3.8) is 0 Å². The highest BCUT2D eigenvalue weighted by atomic mass is 32.1. The SMILES string of the molecule is COCCN1CCCN(C(=O)c2csc3c2CC[C@H](C)C3)CC1. The lowest BCUT2D eigenvalue weighted by Gasteiger charge is -2.23. The Hall–Kier alpha value is -0.910. The maximum absolute atomic E-state index is 13.0. The number of carbonyl (C=O) groups is 1. The predicted octanol–water partition coefficient (Wildman–Crippen LogP) is 2.67. The van der Waals surface area contributed by atoms with Crippen LogP contribution in [0.1, 0.15) is 40.6 Å². The molecular formula is C18H28N2O2S. The smallest absolute Gasteiger partial charge is 0.255 e. The number of nitrogens with zero attached hydrogens (tertiary/aromatic N) is 2. The van der Waals surface area contributed by atoms with Crippen LogP contribution in [0.25, 0.3) is 0 Å². The van der Waals surface area contributed by atoms with Crippen molar-refractivity contribution in [3.05, 3.63) is 21.4 Å². The summed E-state index contributed by atoms with van der Waals surface area (Å²) < 4.78 is 5.17. The Morgan fingerprint density at radius 2 is 2.22 bits per heavy atom. The summed E-state index contributed by atoms with van der Waals surface area (Å²) in [6.45, 7) is 7.78. The second kappa shape index (κ2) is 7.77. The summed E-state index contributed by atoms with van der Waals surface area (Å²) in [7, 11) is 1.74. The Kier molecular flexibility index (Phi) is 5.72. The van der Waals surface area contributed by atoms with Crippen molar-refractivity contribution < 1.29 is 9.53 Å². The first-order valence-electron chi connectivity index (χ1n) is 8.79. The molecule has 0 saturated carbocycles. The number of amides is 1. The van der Waals surface area contributed by atoms with E-state index in [0.29, 0.717) is 0 Å². The van der Waals surface area contributed by atoms with E-state index < -0.39 is 0 Å². The minimum atomic E-state index is 0.255. The molecule has 128 valence electrons. The number of rotatable bonds is 4. The summed E-state index contributed by atoms with van der Waals surface area (Å²) in [6.07, 6.45) is 4.50. The Morgan fingerprint density at radius 1 is 1.35 bits per heavy atom. The van der Waals surface area contributed by atoms with Gasteiger partial charge in [-0.05, 0) is 43.7 Å². The van der Waals surface area contributed by atoms with Crippen LogP contribution in [-0.4, -0.2) is 62.1 Å². The summed E-state index contributed by atoms with van der Waals surface area (Å²) in [5.41, 5.74) is 2.33. The van der Waals surface area contributed by atoms with Gasteiger partial charge in [-0.3, -0.25) is 9.69 Å². The van der Waals surface area contributed by atoms with Crippen LogP contribution >= 0.6 is 11.3 Å². The lowest BCUT2D eigenvalue weighted by molar-refractivity contribution is 0.0758. The third-order valence-corrected chi connectivity index (χ3v) is 6.17. The maximum Gasteiger partial charge on any atom is 0.255 e. The highest BCUT2D eigenvalue weighted by Gasteiger charge is 2.27. The highest BCUT2D eigenvalue weighted by Crippen LogP contribution is 2.33. The fourth-order valence-corrected chi connectivity index (χ4v) is 4.88. The summed E-state index contributed by atoms with van der Waals surface area (Å²) in [6, 6.07) is 0. The number of hydrogen-bond donors (Lipinski definition) is 0. The van der Waals surface area contributed by atoms with E-state index in [2.05, 4.69) is 22.1 Å². The Labute approximate surface area is 143 Å². The number of methoxy groups -OCH3 is 1. The summed E-state index contributed by atoms with van der Waals surface area (Å²) >= 11 is 1.79.